The molecule has 1 aliphatic rings. The Morgan fingerprint density at radius 1 is 1.44 bits per heavy atom. The van der Waals surface area contributed by atoms with E-state index in [2.05, 4.69) is 10.6 Å². The van der Waals surface area contributed by atoms with Crippen molar-refractivity contribution in [2.24, 2.45) is 5.73 Å². The molecule has 2 amide bonds. The van der Waals surface area contributed by atoms with Gasteiger partial charge in [0.1, 0.15) is 0 Å². The summed E-state index contributed by atoms with van der Waals surface area (Å²) >= 11 is 0. The Morgan fingerprint density at radius 3 is 2.69 bits per heavy atom. The van der Waals surface area contributed by atoms with Crippen LogP contribution < -0.4 is 16.4 Å². The molecule has 16 heavy (non-hydrogen) atoms. The van der Waals surface area contributed by atoms with E-state index < -0.39 is 6.04 Å². The highest BCUT2D eigenvalue weighted by Crippen LogP contribution is 2.18. The van der Waals surface area contributed by atoms with Gasteiger partial charge in [-0.05, 0) is 19.3 Å². The number of nitrogens with two attached hydrogens (primary N) is 1. The van der Waals surface area contributed by atoms with E-state index in [1.807, 2.05) is 6.92 Å². The highest BCUT2D eigenvalue weighted by molar-refractivity contribution is 5.87. The van der Waals surface area contributed by atoms with Crippen LogP contribution in [0.25, 0.3) is 0 Å². The zero-order chi connectivity index (χ0) is 12.0. The van der Waals surface area contributed by atoms with E-state index in [9.17, 15) is 9.59 Å². The fraction of sp³-hybridized carbons (Fsp3) is 0.818. The van der Waals surface area contributed by atoms with E-state index in [0.717, 1.165) is 25.7 Å². The molecule has 5 nitrogen and oxygen atoms in total. The van der Waals surface area contributed by atoms with Gasteiger partial charge in [-0.15, -0.1) is 0 Å². The predicted octanol–water partition coefficient (Wildman–Crippen LogP) is -0.101. The smallest absolute Gasteiger partial charge is 0.239 e. The number of rotatable bonds is 7. The Labute approximate surface area is 96.1 Å². The van der Waals surface area contributed by atoms with Gasteiger partial charge in [0.2, 0.25) is 11.8 Å². The van der Waals surface area contributed by atoms with Crippen molar-refractivity contribution in [2.75, 3.05) is 6.54 Å². The zero-order valence-electron chi connectivity index (χ0n) is 9.79. The molecule has 1 rings (SSSR count). The van der Waals surface area contributed by atoms with Crippen LogP contribution in [0.15, 0.2) is 0 Å². The molecule has 1 fully saturated rings. The van der Waals surface area contributed by atoms with E-state index in [1.165, 1.54) is 0 Å². The number of unbranched alkanes of at least 4 members (excludes halogenated alkanes) is 1. The molecule has 1 saturated carbocycles. The number of nitrogens with one attached hydrogen (secondary N) is 2. The van der Waals surface area contributed by atoms with E-state index in [1.54, 1.807) is 0 Å². The molecule has 0 aromatic rings. The van der Waals surface area contributed by atoms with Crippen molar-refractivity contribution in [1.82, 2.24) is 10.6 Å². The minimum atomic E-state index is -0.492. The molecule has 0 aromatic heterocycles. The summed E-state index contributed by atoms with van der Waals surface area (Å²) in [5, 5.41) is 5.35. The Balaban J connectivity index is 2.09. The first kappa shape index (κ1) is 13.0. The van der Waals surface area contributed by atoms with Crippen LogP contribution in [-0.2, 0) is 9.59 Å². The standard InChI is InChI=1S/C11H21N3O2/c1-2-3-4-9(12)11(16)13-7-10(15)14-8-5-6-8/h8-9H,2-7,12H2,1H3,(H,13,16)(H,14,15). The van der Waals surface area contributed by atoms with Crippen LogP contribution in [0.5, 0.6) is 0 Å². The maximum Gasteiger partial charge on any atom is 0.239 e. The van der Waals surface area contributed by atoms with Gasteiger partial charge in [-0.3, -0.25) is 9.59 Å². The second-order valence-electron chi connectivity index (χ2n) is 4.31. The van der Waals surface area contributed by atoms with Gasteiger partial charge in [-0.1, -0.05) is 19.8 Å². The third kappa shape index (κ3) is 5.11. The van der Waals surface area contributed by atoms with Gasteiger partial charge < -0.3 is 16.4 Å². The van der Waals surface area contributed by atoms with Crippen molar-refractivity contribution in [3.8, 4) is 0 Å². The molecular weight excluding hydrogens is 206 g/mol. The largest absolute Gasteiger partial charge is 0.352 e. The van der Waals surface area contributed by atoms with Gasteiger partial charge in [0.05, 0.1) is 12.6 Å². The Hall–Kier alpha value is -1.10. The maximum absolute atomic E-state index is 11.4. The third-order valence-corrected chi connectivity index (χ3v) is 2.57. The van der Waals surface area contributed by atoms with Crippen LogP contribution in [0.1, 0.15) is 39.0 Å². The summed E-state index contributed by atoms with van der Waals surface area (Å²) in [6.45, 7) is 2.09. The molecule has 0 radical (unpaired) electrons. The average molecular weight is 227 g/mol. The SMILES string of the molecule is CCCCC(N)C(=O)NCC(=O)NC1CC1. The Bertz CT molecular complexity index is 252. The lowest BCUT2D eigenvalue weighted by Gasteiger charge is -2.11. The molecule has 1 atom stereocenters. The molecule has 1 aliphatic carbocycles. The summed E-state index contributed by atoms with van der Waals surface area (Å²) in [6, 6.07) is -0.160. The Kier molecular flexibility index (Phi) is 5.25. The van der Waals surface area contributed by atoms with Crippen LogP contribution in [-0.4, -0.2) is 30.4 Å². The molecule has 0 spiro atoms. The van der Waals surface area contributed by atoms with Gasteiger partial charge >= 0.3 is 0 Å². The third-order valence-electron chi connectivity index (χ3n) is 2.57. The second kappa shape index (κ2) is 6.48. The zero-order valence-corrected chi connectivity index (χ0v) is 9.79. The molecule has 0 aromatic carbocycles. The lowest BCUT2D eigenvalue weighted by atomic mass is 10.1. The van der Waals surface area contributed by atoms with Gasteiger partial charge in [0.25, 0.3) is 0 Å². The summed E-state index contributed by atoms with van der Waals surface area (Å²) in [7, 11) is 0. The van der Waals surface area contributed by atoms with Crippen molar-refractivity contribution >= 4 is 11.8 Å². The molecule has 92 valence electrons. The molecule has 0 saturated heterocycles. The fourth-order valence-corrected chi connectivity index (χ4v) is 1.36. The molecular formula is C11H21N3O2. The van der Waals surface area contributed by atoms with Crippen molar-refractivity contribution < 1.29 is 9.59 Å². The summed E-state index contributed by atoms with van der Waals surface area (Å²) in [6.07, 6.45) is 4.73. The molecule has 0 heterocycles. The van der Waals surface area contributed by atoms with Crippen LogP contribution >= 0.6 is 0 Å². The second-order valence-corrected chi connectivity index (χ2v) is 4.31. The lowest BCUT2D eigenvalue weighted by molar-refractivity contribution is -0.127. The minimum absolute atomic E-state index is 0.0369. The summed E-state index contributed by atoms with van der Waals surface area (Å²) in [5.41, 5.74) is 5.66. The topological polar surface area (TPSA) is 84.2 Å². The average Bonchev–Trinajstić information content (AvgIpc) is 3.06. The highest BCUT2D eigenvalue weighted by atomic mass is 16.2. The first-order valence-electron chi connectivity index (χ1n) is 5.96. The van der Waals surface area contributed by atoms with Crippen molar-refractivity contribution in [3.05, 3.63) is 0 Å². The van der Waals surface area contributed by atoms with Crippen LogP contribution in [0.2, 0.25) is 0 Å². The first-order valence-corrected chi connectivity index (χ1v) is 5.96. The van der Waals surface area contributed by atoms with Crippen LogP contribution in [0, 0.1) is 0 Å². The van der Waals surface area contributed by atoms with Gasteiger partial charge in [-0.2, -0.15) is 0 Å². The normalized spacial score (nSPS) is 16.6. The minimum Gasteiger partial charge on any atom is -0.352 e. The van der Waals surface area contributed by atoms with E-state index in [0.29, 0.717) is 12.5 Å². The number of hydrogen-bond acceptors (Lipinski definition) is 3. The summed E-state index contributed by atoms with van der Waals surface area (Å²) in [5.74, 6) is -0.363. The van der Waals surface area contributed by atoms with Crippen LogP contribution in [0.4, 0.5) is 0 Å². The van der Waals surface area contributed by atoms with E-state index in [-0.39, 0.29) is 18.4 Å². The molecule has 4 N–H and O–H groups in total. The fourth-order valence-electron chi connectivity index (χ4n) is 1.36. The maximum atomic E-state index is 11.4. The van der Waals surface area contributed by atoms with Crippen LogP contribution in [0.3, 0.4) is 0 Å². The molecule has 0 aliphatic heterocycles. The highest BCUT2D eigenvalue weighted by Gasteiger charge is 2.23. The summed E-state index contributed by atoms with van der Waals surface area (Å²) in [4.78, 5) is 22.7. The van der Waals surface area contributed by atoms with E-state index in [4.69, 9.17) is 5.73 Å². The monoisotopic (exact) mass is 227 g/mol. The number of amides is 2. The van der Waals surface area contributed by atoms with Gasteiger partial charge in [0, 0.05) is 6.04 Å². The molecule has 1 unspecified atom stereocenters. The van der Waals surface area contributed by atoms with Crippen molar-refractivity contribution in [2.45, 2.75) is 51.1 Å². The lowest BCUT2D eigenvalue weighted by Crippen LogP contribution is -2.45. The number of carbonyl (C=O) groups is 2. The number of carbonyl (C=O) groups excluding carboxylic acids is 2. The predicted molar refractivity (Wildman–Crippen MR) is 61.7 cm³/mol. The molecule has 0 bridgehead atoms. The summed E-state index contributed by atoms with van der Waals surface area (Å²) < 4.78 is 0. The van der Waals surface area contributed by atoms with Crippen molar-refractivity contribution in [3.63, 3.8) is 0 Å². The molecule has 5 heteroatoms. The quantitative estimate of drug-likeness (QED) is 0.568. The number of hydrogen-bond donors (Lipinski definition) is 3. The van der Waals surface area contributed by atoms with E-state index >= 15 is 0 Å². The van der Waals surface area contributed by atoms with Crippen molar-refractivity contribution in [1.29, 1.82) is 0 Å². The first-order chi connectivity index (χ1) is 7.63. The van der Waals surface area contributed by atoms with Gasteiger partial charge in [-0.25, -0.2) is 0 Å². The van der Waals surface area contributed by atoms with Gasteiger partial charge in [0.15, 0.2) is 0 Å². The Morgan fingerprint density at radius 2 is 2.12 bits per heavy atom.